The predicted octanol–water partition coefficient (Wildman–Crippen LogP) is 1.73. The molecule has 5 heteroatoms. The topological polar surface area (TPSA) is 80.4 Å². The van der Waals surface area contributed by atoms with Crippen molar-refractivity contribution in [2.24, 2.45) is 0 Å². The molecule has 5 nitrogen and oxygen atoms in total. The van der Waals surface area contributed by atoms with Crippen LogP contribution in [-0.4, -0.2) is 21.8 Å². The minimum Gasteiger partial charge on any atom is -0.477 e. The highest BCUT2D eigenvalue weighted by atomic mass is 16.4. The third-order valence-corrected chi connectivity index (χ3v) is 2.05. The van der Waals surface area contributed by atoms with Gasteiger partial charge in [-0.25, -0.2) is 4.79 Å². The number of hydrogen-bond acceptors (Lipinski definition) is 4. The molecule has 0 aliphatic carbocycles. The van der Waals surface area contributed by atoms with E-state index in [9.17, 15) is 9.59 Å². The number of carboxylic acid groups (broad SMARTS) is 1. The summed E-state index contributed by atoms with van der Waals surface area (Å²) in [6.07, 6.45) is 2.47. The first kappa shape index (κ1) is 9.39. The second-order valence-electron chi connectivity index (χ2n) is 3.05. The van der Waals surface area contributed by atoms with Crippen molar-refractivity contribution < 1.29 is 19.1 Å². The fraction of sp³-hybridized carbons (Fsp3) is 0.100. The molecule has 76 valence electrons. The number of nitrogens with zero attached hydrogens (tertiary/aromatic N) is 1. The van der Waals surface area contributed by atoms with Gasteiger partial charge in [0, 0.05) is 13.1 Å². The highest BCUT2D eigenvalue weighted by molar-refractivity contribution is 6.09. The van der Waals surface area contributed by atoms with Crippen LogP contribution in [0.4, 0.5) is 0 Å². The highest BCUT2D eigenvalue weighted by Gasteiger charge is 2.17. The van der Waals surface area contributed by atoms with Crippen LogP contribution in [0.2, 0.25) is 0 Å². The van der Waals surface area contributed by atoms with Crippen LogP contribution < -0.4 is 0 Å². The summed E-state index contributed by atoms with van der Waals surface area (Å²) in [6, 6.07) is 1.53. The molecule has 15 heavy (non-hydrogen) atoms. The lowest BCUT2D eigenvalue weighted by molar-refractivity contribution is 0.0697. The van der Waals surface area contributed by atoms with Crippen LogP contribution in [0.25, 0.3) is 11.0 Å². The Bertz CT molecular complexity index is 508. The zero-order chi connectivity index (χ0) is 11.0. The molecule has 0 bridgehead atoms. The second-order valence-corrected chi connectivity index (χ2v) is 3.05. The van der Waals surface area contributed by atoms with E-state index in [0.717, 1.165) is 6.20 Å². The molecule has 0 aliphatic rings. The average Bonchev–Trinajstić information content (AvgIpc) is 2.63. The number of hydrogen-bond donors (Lipinski definition) is 1. The van der Waals surface area contributed by atoms with Crippen LogP contribution >= 0.6 is 0 Å². The van der Waals surface area contributed by atoms with Crippen molar-refractivity contribution in [3.05, 3.63) is 29.8 Å². The van der Waals surface area contributed by atoms with E-state index in [0.29, 0.717) is 5.39 Å². The molecule has 0 saturated carbocycles. The summed E-state index contributed by atoms with van der Waals surface area (Å²) < 4.78 is 5.03. The van der Waals surface area contributed by atoms with E-state index in [2.05, 4.69) is 4.98 Å². The summed E-state index contributed by atoms with van der Waals surface area (Å²) in [5.74, 6) is -1.35. The van der Waals surface area contributed by atoms with Gasteiger partial charge in [0.25, 0.3) is 0 Å². The van der Waals surface area contributed by atoms with Crippen molar-refractivity contribution in [3.63, 3.8) is 0 Å². The van der Waals surface area contributed by atoms with Crippen molar-refractivity contribution in [1.82, 2.24) is 4.98 Å². The normalized spacial score (nSPS) is 10.5. The van der Waals surface area contributed by atoms with E-state index < -0.39 is 5.97 Å². The summed E-state index contributed by atoms with van der Waals surface area (Å²) in [4.78, 5) is 25.8. The summed E-state index contributed by atoms with van der Waals surface area (Å²) in [5, 5.41) is 9.28. The maximum atomic E-state index is 11.2. The number of Topliss-reactive ketones (excluding diaryl/α,β-unsaturated/α-hetero) is 1. The number of carbonyl (C=O) groups excluding carboxylic acids is 1. The fourth-order valence-corrected chi connectivity index (χ4v) is 1.39. The van der Waals surface area contributed by atoms with Gasteiger partial charge in [0.2, 0.25) is 0 Å². The Labute approximate surface area is 84.3 Å². The highest BCUT2D eigenvalue weighted by Crippen LogP contribution is 2.22. The number of aromatic carboxylic acids is 1. The molecule has 0 spiro atoms. The number of rotatable bonds is 2. The third-order valence-electron chi connectivity index (χ3n) is 2.05. The van der Waals surface area contributed by atoms with Gasteiger partial charge in [-0.2, -0.15) is 0 Å². The lowest BCUT2D eigenvalue weighted by atomic mass is 10.1. The maximum Gasteiger partial charge on any atom is 0.341 e. The number of ketones is 1. The van der Waals surface area contributed by atoms with Crippen LogP contribution in [0.1, 0.15) is 27.8 Å². The molecule has 0 amide bonds. The molecule has 2 aromatic heterocycles. The number of pyridine rings is 1. The lowest BCUT2D eigenvalue weighted by Crippen LogP contribution is -2.03. The Morgan fingerprint density at radius 2 is 2.20 bits per heavy atom. The van der Waals surface area contributed by atoms with Crippen LogP contribution in [0.3, 0.4) is 0 Å². The molecule has 0 atom stereocenters. The summed E-state index contributed by atoms with van der Waals surface area (Å²) in [6.45, 7) is 1.37. The van der Waals surface area contributed by atoms with Crippen LogP contribution in [0.5, 0.6) is 0 Å². The van der Waals surface area contributed by atoms with Gasteiger partial charge in [0.1, 0.15) is 11.3 Å². The number of carbonyl (C=O) groups is 2. The molecule has 2 aromatic rings. The maximum absolute atomic E-state index is 11.2. The van der Waals surface area contributed by atoms with Crippen molar-refractivity contribution >= 4 is 22.7 Å². The van der Waals surface area contributed by atoms with E-state index in [1.54, 1.807) is 0 Å². The average molecular weight is 205 g/mol. The van der Waals surface area contributed by atoms with Crippen LogP contribution in [-0.2, 0) is 0 Å². The van der Waals surface area contributed by atoms with Crippen molar-refractivity contribution in [2.75, 3.05) is 0 Å². The predicted molar refractivity (Wildman–Crippen MR) is 51.0 cm³/mol. The fourth-order valence-electron chi connectivity index (χ4n) is 1.39. The van der Waals surface area contributed by atoms with Crippen molar-refractivity contribution in [1.29, 1.82) is 0 Å². The van der Waals surface area contributed by atoms with Gasteiger partial charge in [-0.3, -0.25) is 9.78 Å². The first-order chi connectivity index (χ1) is 7.11. The van der Waals surface area contributed by atoms with Gasteiger partial charge in [-0.15, -0.1) is 0 Å². The third kappa shape index (κ3) is 1.38. The molecular formula is C10H7NO4. The zero-order valence-corrected chi connectivity index (χ0v) is 7.85. The van der Waals surface area contributed by atoms with Gasteiger partial charge in [0.15, 0.2) is 11.4 Å². The van der Waals surface area contributed by atoms with E-state index in [1.165, 1.54) is 19.3 Å². The van der Waals surface area contributed by atoms with Crippen LogP contribution in [0, 0.1) is 0 Å². The Morgan fingerprint density at radius 1 is 1.47 bits per heavy atom. The lowest BCUT2D eigenvalue weighted by Gasteiger charge is -1.99. The Morgan fingerprint density at radius 3 is 2.80 bits per heavy atom. The minimum absolute atomic E-state index is 0.0417. The van der Waals surface area contributed by atoms with Gasteiger partial charge in [-0.1, -0.05) is 0 Å². The molecule has 0 unspecified atom stereocenters. The number of carboxylic acids is 1. The molecule has 1 N–H and O–H groups in total. The van der Waals surface area contributed by atoms with E-state index in [4.69, 9.17) is 9.52 Å². The molecule has 0 radical (unpaired) electrons. The minimum atomic E-state index is -1.13. The Kier molecular flexibility index (Phi) is 2.00. The largest absolute Gasteiger partial charge is 0.477 e. The van der Waals surface area contributed by atoms with Crippen LogP contribution in [0.15, 0.2) is 22.9 Å². The first-order valence-electron chi connectivity index (χ1n) is 4.21. The number of furan rings is 1. The quantitative estimate of drug-likeness (QED) is 0.755. The standard InChI is InChI=1S/C10H7NO4/c1-5(12)8-6-2-3-15-9(6)7(4-11-8)10(13)14/h2-4H,1H3,(H,13,14). The monoisotopic (exact) mass is 205 g/mol. The first-order valence-corrected chi connectivity index (χ1v) is 4.21. The summed E-state index contributed by atoms with van der Waals surface area (Å²) in [5.41, 5.74) is 0.367. The number of aromatic nitrogens is 1. The molecular weight excluding hydrogens is 198 g/mol. The zero-order valence-electron chi connectivity index (χ0n) is 7.85. The van der Waals surface area contributed by atoms with Gasteiger partial charge < -0.3 is 9.52 Å². The molecule has 0 aliphatic heterocycles. The molecule has 0 saturated heterocycles. The van der Waals surface area contributed by atoms with E-state index in [-0.39, 0.29) is 22.6 Å². The Hall–Kier alpha value is -2.17. The van der Waals surface area contributed by atoms with Crippen molar-refractivity contribution in [2.45, 2.75) is 6.92 Å². The number of fused-ring (bicyclic) bond motifs is 1. The van der Waals surface area contributed by atoms with Crippen molar-refractivity contribution in [3.8, 4) is 0 Å². The smallest absolute Gasteiger partial charge is 0.341 e. The SMILES string of the molecule is CC(=O)c1ncc(C(=O)O)c2occc12. The summed E-state index contributed by atoms with van der Waals surface area (Å²) >= 11 is 0. The Balaban J connectivity index is 2.82. The van der Waals surface area contributed by atoms with E-state index in [1.807, 2.05) is 0 Å². The summed E-state index contributed by atoms with van der Waals surface area (Å²) in [7, 11) is 0. The van der Waals surface area contributed by atoms with Gasteiger partial charge in [-0.05, 0) is 6.07 Å². The van der Waals surface area contributed by atoms with Gasteiger partial charge >= 0.3 is 5.97 Å². The molecule has 0 aromatic carbocycles. The van der Waals surface area contributed by atoms with Gasteiger partial charge in [0.05, 0.1) is 11.6 Å². The molecule has 0 fully saturated rings. The van der Waals surface area contributed by atoms with E-state index >= 15 is 0 Å². The second kappa shape index (κ2) is 3.20. The molecule has 2 heterocycles. The molecule has 2 rings (SSSR count).